The zero-order valence-electron chi connectivity index (χ0n) is 11.4. The van der Waals surface area contributed by atoms with Crippen molar-refractivity contribution in [3.05, 3.63) is 0 Å². The van der Waals surface area contributed by atoms with E-state index in [4.69, 9.17) is 12.2 Å². The molecule has 102 valence electrons. The first-order valence-electron chi connectivity index (χ1n) is 7.92. The minimum absolute atomic E-state index is 0.668. The van der Waals surface area contributed by atoms with Gasteiger partial charge in [-0.15, -0.1) is 0 Å². The number of hydrogen-bond acceptors (Lipinski definition) is 1. The molecule has 3 rings (SSSR count). The number of hydrogen-bond donors (Lipinski definition) is 1. The third-order valence-corrected chi connectivity index (χ3v) is 5.54. The summed E-state index contributed by atoms with van der Waals surface area (Å²) in [6.45, 7) is 1.19. The SMILES string of the molecule is S=C(NC1CCCC1)N1CCCC2CCCCC21. The Hall–Kier alpha value is -0.310. The van der Waals surface area contributed by atoms with Gasteiger partial charge in [0.2, 0.25) is 0 Å². The first-order valence-corrected chi connectivity index (χ1v) is 8.32. The lowest BCUT2D eigenvalue weighted by Crippen LogP contribution is -2.54. The van der Waals surface area contributed by atoms with Crippen molar-refractivity contribution in [1.82, 2.24) is 10.2 Å². The molecule has 2 unspecified atom stereocenters. The maximum Gasteiger partial charge on any atom is 0.169 e. The second-order valence-electron chi connectivity index (χ2n) is 6.38. The van der Waals surface area contributed by atoms with Gasteiger partial charge in [-0.05, 0) is 56.7 Å². The molecule has 1 saturated heterocycles. The Balaban J connectivity index is 1.60. The fourth-order valence-corrected chi connectivity index (χ4v) is 4.60. The van der Waals surface area contributed by atoms with Crippen molar-refractivity contribution in [2.24, 2.45) is 5.92 Å². The predicted molar refractivity (Wildman–Crippen MR) is 79.7 cm³/mol. The summed E-state index contributed by atoms with van der Waals surface area (Å²) in [5.41, 5.74) is 0. The summed E-state index contributed by atoms with van der Waals surface area (Å²) >= 11 is 5.69. The fourth-order valence-electron chi connectivity index (χ4n) is 4.20. The third kappa shape index (κ3) is 2.66. The first kappa shape index (κ1) is 12.7. The summed E-state index contributed by atoms with van der Waals surface area (Å²) in [6.07, 6.45) is 13.8. The second kappa shape index (κ2) is 5.77. The zero-order valence-corrected chi connectivity index (χ0v) is 12.2. The van der Waals surface area contributed by atoms with E-state index in [-0.39, 0.29) is 0 Å². The van der Waals surface area contributed by atoms with Crippen LogP contribution in [0.2, 0.25) is 0 Å². The van der Waals surface area contributed by atoms with Gasteiger partial charge in [0.1, 0.15) is 0 Å². The lowest BCUT2D eigenvalue weighted by molar-refractivity contribution is 0.118. The topological polar surface area (TPSA) is 15.3 Å². The molecule has 18 heavy (non-hydrogen) atoms. The van der Waals surface area contributed by atoms with Gasteiger partial charge in [0, 0.05) is 18.6 Å². The van der Waals surface area contributed by atoms with E-state index in [1.807, 2.05) is 0 Å². The molecule has 0 radical (unpaired) electrons. The van der Waals surface area contributed by atoms with Gasteiger partial charge in [-0.3, -0.25) is 0 Å². The van der Waals surface area contributed by atoms with Crippen molar-refractivity contribution < 1.29 is 0 Å². The van der Waals surface area contributed by atoms with E-state index in [1.165, 1.54) is 70.8 Å². The predicted octanol–water partition coefficient (Wildman–Crippen LogP) is 3.46. The van der Waals surface area contributed by atoms with Crippen molar-refractivity contribution in [2.45, 2.75) is 76.3 Å². The highest BCUT2D eigenvalue weighted by atomic mass is 32.1. The van der Waals surface area contributed by atoms with Gasteiger partial charge in [0.25, 0.3) is 0 Å². The van der Waals surface area contributed by atoms with Gasteiger partial charge < -0.3 is 10.2 Å². The van der Waals surface area contributed by atoms with Crippen LogP contribution in [-0.4, -0.2) is 28.6 Å². The van der Waals surface area contributed by atoms with Crippen LogP contribution in [0.3, 0.4) is 0 Å². The van der Waals surface area contributed by atoms with E-state index >= 15 is 0 Å². The quantitative estimate of drug-likeness (QED) is 0.732. The number of piperidine rings is 1. The molecule has 0 aromatic rings. The molecule has 3 heteroatoms. The molecule has 0 aromatic carbocycles. The highest BCUT2D eigenvalue weighted by Crippen LogP contribution is 2.35. The molecule has 2 atom stereocenters. The van der Waals surface area contributed by atoms with E-state index in [0.717, 1.165) is 17.1 Å². The van der Waals surface area contributed by atoms with Crippen LogP contribution in [0.4, 0.5) is 0 Å². The molecule has 0 aromatic heterocycles. The van der Waals surface area contributed by atoms with E-state index in [9.17, 15) is 0 Å². The molecule has 1 heterocycles. The van der Waals surface area contributed by atoms with Gasteiger partial charge in [0.05, 0.1) is 0 Å². The summed E-state index contributed by atoms with van der Waals surface area (Å²) in [6, 6.07) is 1.43. The minimum atomic E-state index is 0.668. The van der Waals surface area contributed by atoms with E-state index in [1.54, 1.807) is 0 Å². The van der Waals surface area contributed by atoms with Gasteiger partial charge in [-0.25, -0.2) is 0 Å². The molecule has 0 amide bonds. The highest BCUT2D eigenvalue weighted by Gasteiger charge is 2.34. The number of fused-ring (bicyclic) bond motifs is 1. The normalized spacial score (nSPS) is 33.2. The number of nitrogens with zero attached hydrogens (tertiary/aromatic N) is 1. The number of likely N-dealkylation sites (tertiary alicyclic amines) is 1. The average molecular weight is 266 g/mol. The molecule has 2 nitrogen and oxygen atoms in total. The summed E-state index contributed by atoms with van der Waals surface area (Å²) in [5, 5.41) is 4.71. The van der Waals surface area contributed by atoms with Crippen LogP contribution >= 0.6 is 12.2 Å². The first-order chi connectivity index (χ1) is 8.84. The largest absolute Gasteiger partial charge is 0.360 e. The van der Waals surface area contributed by atoms with E-state index < -0.39 is 0 Å². The third-order valence-electron chi connectivity index (χ3n) is 5.19. The van der Waals surface area contributed by atoms with Gasteiger partial charge >= 0.3 is 0 Å². The number of thiocarbonyl (C=S) groups is 1. The molecule has 2 aliphatic carbocycles. The van der Waals surface area contributed by atoms with Crippen LogP contribution < -0.4 is 5.32 Å². The Labute approximate surface area is 116 Å². The molecule has 0 bridgehead atoms. The number of rotatable bonds is 1. The smallest absolute Gasteiger partial charge is 0.169 e. The Morgan fingerprint density at radius 3 is 2.39 bits per heavy atom. The Bertz CT molecular complexity index is 297. The summed E-state index contributed by atoms with van der Waals surface area (Å²) in [5.74, 6) is 0.927. The Kier molecular flexibility index (Phi) is 4.07. The van der Waals surface area contributed by atoms with Crippen molar-refractivity contribution >= 4 is 17.3 Å². The van der Waals surface area contributed by atoms with Crippen LogP contribution in [0.1, 0.15) is 64.2 Å². The molecule has 0 spiro atoms. The molecule has 1 N–H and O–H groups in total. The fraction of sp³-hybridized carbons (Fsp3) is 0.933. The van der Waals surface area contributed by atoms with Crippen LogP contribution in [-0.2, 0) is 0 Å². The Morgan fingerprint density at radius 1 is 0.889 bits per heavy atom. The standard InChI is InChI=1S/C15H26N2S/c18-15(16-13-8-2-3-9-13)17-11-5-7-12-6-1-4-10-14(12)17/h12-14H,1-11H2,(H,16,18). The van der Waals surface area contributed by atoms with Crippen molar-refractivity contribution in [3.63, 3.8) is 0 Å². The molecule has 3 fully saturated rings. The van der Waals surface area contributed by atoms with Crippen molar-refractivity contribution in [1.29, 1.82) is 0 Å². The maximum atomic E-state index is 5.69. The summed E-state index contributed by atoms with van der Waals surface area (Å²) in [7, 11) is 0. The molecular weight excluding hydrogens is 240 g/mol. The van der Waals surface area contributed by atoms with Crippen molar-refractivity contribution in [2.75, 3.05) is 6.54 Å². The monoisotopic (exact) mass is 266 g/mol. The zero-order chi connectivity index (χ0) is 12.4. The summed E-state index contributed by atoms with van der Waals surface area (Å²) < 4.78 is 0. The minimum Gasteiger partial charge on any atom is -0.360 e. The lowest BCUT2D eigenvalue weighted by Gasteiger charge is -2.45. The van der Waals surface area contributed by atoms with Crippen molar-refractivity contribution in [3.8, 4) is 0 Å². The van der Waals surface area contributed by atoms with Crippen LogP contribution in [0.25, 0.3) is 0 Å². The summed E-state index contributed by atoms with van der Waals surface area (Å²) in [4.78, 5) is 2.54. The van der Waals surface area contributed by atoms with Gasteiger partial charge in [-0.1, -0.05) is 25.7 Å². The van der Waals surface area contributed by atoms with Gasteiger partial charge in [-0.2, -0.15) is 0 Å². The average Bonchev–Trinajstić information content (AvgIpc) is 2.91. The van der Waals surface area contributed by atoms with Crippen LogP contribution in [0.5, 0.6) is 0 Å². The number of nitrogens with one attached hydrogen (secondary N) is 1. The van der Waals surface area contributed by atoms with E-state index in [2.05, 4.69) is 10.2 Å². The maximum absolute atomic E-state index is 5.69. The van der Waals surface area contributed by atoms with E-state index in [0.29, 0.717) is 6.04 Å². The molecule has 3 aliphatic rings. The molecule has 2 saturated carbocycles. The van der Waals surface area contributed by atoms with Crippen LogP contribution in [0, 0.1) is 5.92 Å². The van der Waals surface area contributed by atoms with Crippen LogP contribution in [0.15, 0.2) is 0 Å². The molecular formula is C15H26N2S. The Morgan fingerprint density at radius 2 is 1.56 bits per heavy atom. The lowest BCUT2D eigenvalue weighted by atomic mass is 9.78. The molecule has 1 aliphatic heterocycles. The highest BCUT2D eigenvalue weighted by molar-refractivity contribution is 7.80. The second-order valence-corrected chi connectivity index (χ2v) is 6.77. The van der Waals surface area contributed by atoms with Gasteiger partial charge in [0.15, 0.2) is 5.11 Å².